The number of aliphatic hydroxyl groups is 1. The molecule has 0 radical (unpaired) electrons. The number of pyridine rings is 1. The summed E-state index contributed by atoms with van der Waals surface area (Å²) in [6.45, 7) is 4.60. The average Bonchev–Trinajstić information content (AvgIpc) is 2.89. The number of carbonyl (C=O) groups is 1. The SMILES string of the molecule is Cc1ccc(C(=O)N2C[C@@H](Cc3cnccn3)[C@H](O)C2)c(C)n1. The van der Waals surface area contributed by atoms with E-state index in [2.05, 4.69) is 15.0 Å². The van der Waals surface area contributed by atoms with Gasteiger partial charge >= 0.3 is 0 Å². The summed E-state index contributed by atoms with van der Waals surface area (Å²) >= 11 is 0. The molecular weight excluding hydrogens is 292 g/mol. The Kier molecular flexibility index (Phi) is 4.34. The number of rotatable bonds is 3. The molecular formula is C17H20N4O2. The Morgan fingerprint density at radius 2 is 2.13 bits per heavy atom. The molecule has 0 unspecified atom stereocenters. The fourth-order valence-electron chi connectivity index (χ4n) is 3.01. The maximum atomic E-state index is 12.7. The minimum atomic E-state index is -0.542. The molecule has 3 rings (SSSR count). The second-order valence-electron chi connectivity index (χ2n) is 6.02. The van der Waals surface area contributed by atoms with E-state index < -0.39 is 6.10 Å². The first kappa shape index (κ1) is 15.6. The van der Waals surface area contributed by atoms with Gasteiger partial charge < -0.3 is 10.0 Å². The maximum Gasteiger partial charge on any atom is 0.255 e. The molecule has 2 aromatic heterocycles. The zero-order valence-electron chi connectivity index (χ0n) is 13.3. The molecule has 6 nitrogen and oxygen atoms in total. The molecule has 1 aliphatic heterocycles. The summed E-state index contributed by atoms with van der Waals surface area (Å²) in [6.07, 6.45) is 5.04. The Balaban J connectivity index is 1.71. The fourth-order valence-corrected chi connectivity index (χ4v) is 3.01. The predicted octanol–water partition coefficient (Wildman–Crippen LogP) is 1.16. The second-order valence-corrected chi connectivity index (χ2v) is 6.02. The second kappa shape index (κ2) is 6.42. The van der Waals surface area contributed by atoms with Crippen LogP contribution in [0.2, 0.25) is 0 Å². The van der Waals surface area contributed by atoms with E-state index in [9.17, 15) is 9.90 Å². The Labute approximate surface area is 135 Å². The largest absolute Gasteiger partial charge is 0.391 e. The first-order chi connectivity index (χ1) is 11.0. The number of likely N-dealkylation sites (tertiary alicyclic amines) is 1. The number of aryl methyl sites for hydroxylation is 2. The lowest BCUT2D eigenvalue weighted by molar-refractivity contribution is 0.0763. The third-order valence-corrected chi connectivity index (χ3v) is 4.24. The van der Waals surface area contributed by atoms with Crippen LogP contribution >= 0.6 is 0 Å². The van der Waals surface area contributed by atoms with Crippen LogP contribution in [-0.4, -0.2) is 50.1 Å². The van der Waals surface area contributed by atoms with E-state index in [4.69, 9.17) is 0 Å². The monoisotopic (exact) mass is 312 g/mol. The van der Waals surface area contributed by atoms with E-state index in [1.165, 1.54) is 0 Å². The Bertz CT molecular complexity index is 705. The zero-order chi connectivity index (χ0) is 16.4. The first-order valence-electron chi connectivity index (χ1n) is 7.71. The zero-order valence-corrected chi connectivity index (χ0v) is 13.3. The summed E-state index contributed by atoms with van der Waals surface area (Å²) < 4.78 is 0. The molecule has 1 N–H and O–H groups in total. The quantitative estimate of drug-likeness (QED) is 0.920. The standard InChI is InChI=1S/C17H20N4O2/c1-11-3-4-15(12(2)20-11)17(23)21-9-13(16(22)10-21)7-14-8-18-5-6-19-14/h3-6,8,13,16,22H,7,9-10H2,1-2H3/t13-,16-/m1/s1. The molecule has 0 bridgehead atoms. The summed E-state index contributed by atoms with van der Waals surface area (Å²) in [6, 6.07) is 3.64. The summed E-state index contributed by atoms with van der Waals surface area (Å²) in [5, 5.41) is 10.3. The van der Waals surface area contributed by atoms with Crippen LogP contribution in [0.5, 0.6) is 0 Å². The highest BCUT2D eigenvalue weighted by Crippen LogP contribution is 2.23. The van der Waals surface area contributed by atoms with Crippen molar-refractivity contribution >= 4 is 5.91 Å². The molecule has 23 heavy (non-hydrogen) atoms. The fraction of sp³-hybridized carbons (Fsp3) is 0.412. The number of carbonyl (C=O) groups excluding carboxylic acids is 1. The lowest BCUT2D eigenvalue weighted by Gasteiger charge is -2.17. The van der Waals surface area contributed by atoms with Crippen molar-refractivity contribution in [2.75, 3.05) is 13.1 Å². The van der Waals surface area contributed by atoms with Crippen molar-refractivity contribution in [3.63, 3.8) is 0 Å². The van der Waals surface area contributed by atoms with Crippen molar-refractivity contribution in [2.24, 2.45) is 5.92 Å². The molecule has 2 atom stereocenters. The molecule has 6 heteroatoms. The maximum absolute atomic E-state index is 12.7. The number of amides is 1. The van der Waals surface area contributed by atoms with Crippen LogP contribution in [0.3, 0.4) is 0 Å². The van der Waals surface area contributed by atoms with Crippen molar-refractivity contribution in [3.05, 3.63) is 53.4 Å². The summed E-state index contributed by atoms with van der Waals surface area (Å²) in [4.78, 5) is 27.0. The predicted molar refractivity (Wildman–Crippen MR) is 84.8 cm³/mol. The van der Waals surface area contributed by atoms with Crippen molar-refractivity contribution in [3.8, 4) is 0 Å². The number of nitrogens with zero attached hydrogens (tertiary/aromatic N) is 4. The molecule has 0 spiro atoms. The molecule has 1 aliphatic rings. The van der Waals surface area contributed by atoms with Gasteiger partial charge in [-0.1, -0.05) is 0 Å². The van der Waals surface area contributed by atoms with Gasteiger partial charge in [0.15, 0.2) is 0 Å². The van der Waals surface area contributed by atoms with Gasteiger partial charge in [0, 0.05) is 43.3 Å². The molecule has 1 amide bonds. The van der Waals surface area contributed by atoms with E-state index in [1.54, 1.807) is 23.5 Å². The molecule has 1 fully saturated rings. The van der Waals surface area contributed by atoms with Crippen LogP contribution in [0, 0.1) is 19.8 Å². The molecule has 0 aromatic carbocycles. The van der Waals surface area contributed by atoms with Crippen LogP contribution in [-0.2, 0) is 6.42 Å². The van der Waals surface area contributed by atoms with Gasteiger partial charge in [-0.25, -0.2) is 0 Å². The first-order valence-corrected chi connectivity index (χ1v) is 7.71. The van der Waals surface area contributed by atoms with Crippen LogP contribution in [0.4, 0.5) is 0 Å². The molecule has 2 aromatic rings. The van der Waals surface area contributed by atoms with E-state index >= 15 is 0 Å². The number of aliphatic hydroxyl groups excluding tert-OH is 1. The summed E-state index contributed by atoms with van der Waals surface area (Å²) in [5.41, 5.74) is 3.05. The van der Waals surface area contributed by atoms with Gasteiger partial charge in [0.2, 0.25) is 0 Å². The van der Waals surface area contributed by atoms with Gasteiger partial charge in [0.25, 0.3) is 5.91 Å². The van der Waals surface area contributed by atoms with E-state index in [0.717, 1.165) is 17.1 Å². The number of aromatic nitrogens is 3. The van der Waals surface area contributed by atoms with Crippen LogP contribution in [0.25, 0.3) is 0 Å². The van der Waals surface area contributed by atoms with Crippen LogP contribution in [0.15, 0.2) is 30.7 Å². The van der Waals surface area contributed by atoms with Gasteiger partial charge in [-0.2, -0.15) is 0 Å². The molecule has 1 saturated heterocycles. The minimum Gasteiger partial charge on any atom is -0.391 e. The highest BCUT2D eigenvalue weighted by Gasteiger charge is 2.35. The van der Waals surface area contributed by atoms with E-state index in [1.807, 2.05) is 26.0 Å². The Hall–Kier alpha value is -2.34. The van der Waals surface area contributed by atoms with Crippen molar-refractivity contribution in [2.45, 2.75) is 26.4 Å². The molecule has 0 aliphatic carbocycles. The smallest absolute Gasteiger partial charge is 0.255 e. The van der Waals surface area contributed by atoms with Crippen molar-refractivity contribution < 1.29 is 9.90 Å². The van der Waals surface area contributed by atoms with Crippen molar-refractivity contribution in [1.29, 1.82) is 0 Å². The number of β-amino-alcohol motifs (C(OH)–C–C–N with tert-alkyl or cyclic N) is 1. The van der Waals surface area contributed by atoms with Gasteiger partial charge in [0.05, 0.1) is 23.1 Å². The number of hydrogen-bond acceptors (Lipinski definition) is 5. The van der Waals surface area contributed by atoms with Gasteiger partial charge in [-0.3, -0.25) is 19.7 Å². The van der Waals surface area contributed by atoms with E-state index in [0.29, 0.717) is 25.1 Å². The normalized spacial score (nSPS) is 20.7. The lowest BCUT2D eigenvalue weighted by atomic mass is 10.0. The Morgan fingerprint density at radius 3 is 2.83 bits per heavy atom. The van der Waals surface area contributed by atoms with Gasteiger partial charge in [-0.15, -0.1) is 0 Å². The lowest BCUT2D eigenvalue weighted by Crippen LogP contribution is -2.30. The molecule has 3 heterocycles. The van der Waals surface area contributed by atoms with E-state index in [-0.39, 0.29) is 11.8 Å². The average molecular weight is 312 g/mol. The van der Waals surface area contributed by atoms with Gasteiger partial charge in [0.1, 0.15) is 0 Å². The highest BCUT2D eigenvalue weighted by atomic mass is 16.3. The summed E-state index contributed by atoms with van der Waals surface area (Å²) in [5.74, 6) is -0.0925. The third kappa shape index (κ3) is 3.37. The van der Waals surface area contributed by atoms with Gasteiger partial charge in [-0.05, 0) is 32.4 Å². The minimum absolute atomic E-state index is 0.0191. The topological polar surface area (TPSA) is 79.2 Å². The van der Waals surface area contributed by atoms with Crippen LogP contribution in [0.1, 0.15) is 27.4 Å². The Morgan fingerprint density at radius 1 is 1.30 bits per heavy atom. The molecule has 120 valence electrons. The summed E-state index contributed by atoms with van der Waals surface area (Å²) in [7, 11) is 0. The van der Waals surface area contributed by atoms with Crippen molar-refractivity contribution in [1.82, 2.24) is 19.9 Å². The highest BCUT2D eigenvalue weighted by molar-refractivity contribution is 5.95. The van der Waals surface area contributed by atoms with Crippen LogP contribution < -0.4 is 0 Å². The third-order valence-electron chi connectivity index (χ3n) is 4.24. The number of hydrogen-bond donors (Lipinski definition) is 1. The molecule has 0 saturated carbocycles.